The van der Waals surface area contributed by atoms with Crippen LogP contribution in [0.2, 0.25) is 5.02 Å². The fraction of sp³-hybridized carbons (Fsp3) is 0.158. The number of rotatable bonds is 19. The lowest BCUT2D eigenvalue weighted by molar-refractivity contribution is 0.0682. The topological polar surface area (TPSA) is 393 Å². The SMILES string of the molecule is CCN(CC)CCCC(C)Nc1ccnc2cc(Cl)ccc12.Nc1ccc(O)c(C(=O)O)c1.O=C(O)c1cc(/N=N/c2ccc(O)c(C(=O)O)c2)ccc1O.O=C(O)c1cc(/N=N/c2ccc(S(=O)(=O)Nc3ccccn3)cc2)ccc1O. The van der Waals surface area contributed by atoms with E-state index in [4.69, 9.17) is 42.9 Å². The third-order valence-electron chi connectivity index (χ3n) is 11.6. The van der Waals surface area contributed by atoms with Crippen LogP contribution in [0.25, 0.3) is 10.9 Å². The molecule has 24 nitrogen and oxygen atoms in total. The summed E-state index contributed by atoms with van der Waals surface area (Å²) in [6.07, 6.45) is 5.68. The molecule has 1 atom stereocenters. The number of sulfonamides is 1. The summed E-state index contributed by atoms with van der Waals surface area (Å²) in [5, 5.41) is 93.2. The highest BCUT2D eigenvalue weighted by atomic mass is 35.5. The summed E-state index contributed by atoms with van der Waals surface area (Å²) >= 11 is 6.04. The van der Waals surface area contributed by atoms with Crippen molar-refractivity contribution in [1.29, 1.82) is 0 Å². The average Bonchev–Trinajstić information content (AvgIpc) is 3.65. The molecule has 0 aliphatic rings. The number of carboxylic acids is 4. The van der Waals surface area contributed by atoms with Gasteiger partial charge in [-0.25, -0.2) is 32.6 Å². The summed E-state index contributed by atoms with van der Waals surface area (Å²) in [6, 6.07) is 33.8. The molecule has 0 radical (unpaired) electrons. The first kappa shape index (κ1) is 63.6. The van der Waals surface area contributed by atoms with Crippen molar-refractivity contribution < 1.29 is 68.4 Å². The van der Waals surface area contributed by atoms with Gasteiger partial charge in [0, 0.05) is 40.2 Å². The van der Waals surface area contributed by atoms with E-state index in [9.17, 15) is 42.9 Å². The molecule has 0 saturated heterocycles. The molecule has 6 aromatic carbocycles. The van der Waals surface area contributed by atoms with E-state index < -0.39 is 45.4 Å². The molecule has 8 aromatic rings. The van der Waals surface area contributed by atoms with E-state index in [2.05, 4.69) is 66.1 Å². The third kappa shape index (κ3) is 19.5. The Balaban J connectivity index is 0.000000211. The van der Waals surface area contributed by atoms with Gasteiger partial charge in [-0.2, -0.15) is 20.5 Å². The molecule has 1 unspecified atom stereocenters. The number of benzene rings is 6. The number of nitrogens with two attached hydrogens (primary N) is 1. The van der Waals surface area contributed by atoms with Crippen molar-refractivity contribution >= 4 is 96.3 Å². The number of aromatic carboxylic acids is 4. The van der Waals surface area contributed by atoms with Crippen LogP contribution in [0.15, 0.2) is 177 Å². The van der Waals surface area contributed by atoms with Crippen LogP contribution in [-0.4, -0.2) is 114 Å². The molecular formula is C57H57ClN10O14S. The molecule has 26 heteroatoms. The lowest BCUT2D eigenvalue weighted by Crippen LogP contribution is -2.25. The number of nitrogen functional groups attached to an aromatic ring is 1. The monoisotopic (exact) mass is 1170 g/mol. The van der Waals surface area contributed by atoms with Crippen molar-refractivity contribution in [2.75, 3.05) is 35.4 Å². The summed E-state index contributed by atoms with van der Waals surface area (Å²) in [6.45, 7) is 10.1. The van der Waals surface area contributed by atoms with Crippen molar-refractivity contribution in [3.63, 3.8) is 0 Å². The molecule has 0 bridgehead atoms. The van der Waals surface area contributed by atoms with E-state index in [0.717, 1.165) is 65.4 Å². The number of nitrogens with zero attached hydrogens (tertiary/aromatic N) is 7. The molecule has 0 aliphatic carbocycles. The zero-order chi connectivity index (χ0) is 60.8. The van der Waals surface area contributed by atoms with Gasteiger partial charge in [0.25, 0.3) is 10.0 Å². The van der Waals surface area contributed by atoms with E-state index in [0.29, 0.717) is 17.4 Å². The van der Waals surface area contributed by atoms with Gasteiger partial charge in [0.2, 0.25) is 0 Å². The number of carboxylic acid groups (broad SMARTS) is 4. The van der Waals surface area contributed by atoms with Crippen LogP contribution >= 0.6 is 11.6 Å². The smallest absolute Gasteiger partial charge is 0.339 e. The number of pyridine rings is 2. The number of hydrogen-bond acceptors (Lipinski definition) is 19. The Kier molecular flexibility index (Phi) is 23.3. The molecule has 0 amide bonds. The molecular weight excluding hydrogens is 1120 g/mol. The largest absolute Gasteiger partial charge is 0.507 e. The van der Waals surface area contributed by atoms with Gasteiger partial charge in [-0.3, -0.25) is 9.71 Å². The predicted molar refractivity (Wildman–Crippen MR) is 311 cm³/mol. The molecule has 0 spiro atoms. The summed E-state index contributed by atoms with van der Waals surface area (Å²) in [7, 11) is -3.79. The summed E-state index contributed by atoms with van der Waals surface area (Å²) in [5.74, 6) is -6.34. The minimum Gasteiger partial charge on any atom is -0.507 e. The maximum Gasteiger partial charge on any atom is 0.339 e. The van der Waals surface area contributed by atoms with Crippen molar-refractivity contribution in [2.45, 2.75) is 44.6 Å². The summed E-state index contributed by atoms with van der Waals surface area (Å²) < 4.78 is 27.0. The third-order valence-corrected chi connectivity index (χ3v) is 13.2. The molecule has 0 saturated carbocycles. The second kappa shape index (κ2) is 30.4. The van der Waals surface area contributed by atoms with Crippen molar-refractivity contribution in [3.8, 4) is 23.0 Å². The van der Waals surface area contributed by atoms with E-state index in [-0.39, 0.29) is 61.5 Å². The van der Waals surface area contributed by atoms with Crippen molar-refractivity contribution in [3.05, 3.63) is 179 Å². The number of phenols is 4. The summed E-state index contributed by atoms with van der Waals surface area (Å²) in [4.78, 5) is 53.9. The van der Waals surface area contributed by atoms with Crippen molar-refractivity contribution in [2.24, 2.45) is 20.5 Å². The lowest BCUT2D eigenvalue weighted by atomic mass is 10.1. The van der Waals surface area contributed by atoms with Crippen LogP contribution in [0.4, 0.5) is 39.9 Å². The number of aromatic nitrogens is 2. The van der Waals surface area contributed by atoms with Gasteiger partial charge in [-0.15, -0.1) is 0 Å². The number of carbonyl (C=O) groups is 4. The van der Waals surface area contributed by atoms with Gasteiger partial charge in [0.15, 0.2) is 0 Å². The number of halogens is 1. The van der Waals surface area contributed by atoms with Crippen molar-refractivity contribution in [1.82, 2.24) is 14.9 Å². The first-order valence-corrected chi connectivity index (χ1v) is 26.8. The molecule has 83 heavy (non-hydrogen) atoms. The molecule has 432 valence electrons. The van der Waals surface area contributed by atoms with E-state index in [1.54, 1.807) is 12.1 Å². The quantitative estimate of drug-likeness (QED) is 0.0203. The van der Waals surface area contributed by atoms with Crippen LogP contribution in [-0.2, 0) is 10.0 Å². The minimum absolute atomic E-state index is 0.0231. The van der Waals surface area contributed by atoms with Gasteiger partial charge in [0.1, 0.15) is 51.1 Å². The number of nitrogens with one attached hydrogen (secondary N) is 2. The highest BCUT2D eigenvalue weighted by Crippen LogP contribution is 2.30. The highest BCUT2D eigenvalue weighted by Gasteiger charge is 2.16. The van der Waals surface area contributed by atoms with Crippen LogP contribution in [0.1, 0.15) is 75.0 Å². The molecule has 2 heterocycles. The summed E-state index contributed by atoms with van der Waals surface area (Å²) in [5.41, 5.74) is 7.49. The number of hydrogen-bond donors (Lipinski definition) is 11. The lowest BCUT2D eigenvalue weighted by Gasteiger charge is -2.20. The standard InChI is InChI=1S/C18H26ClN3.C18H14N4O5S.C14H10N2O6.C7H7NO3/c1-4-22(5-2)12-6-7-14(3)21-17-10-11-20-18-13-15(19)8-9-16(17)18;23-16-9-6-13(11-15(16)18(24)25)21-20-12-4-7-14(8-5-12)28(26,27)22-17-3-1-2-10-19-17;17-11-3-1-7(5-9(11)13(19)20)15-16-8-2-4-12(18)10(6-8)14(21)22;8-4-1-2-6(9)5(3-4)7(10)11/h8-11,13-14H,4-7,12H2,1-3H3,(H,20,21);1-11,23H,(H,19,22)(H,24,25);1-6,17-18H,(H,19,20)(H,21,22);1-3,9H,8H2,(H,10,11)/b;21-20+;16-15+;. The fourth-order valence-corrected chi connectivity index (χ4v) is 8.46. The van der Waals surface area contributed by atoms with Gasteiger partial charge in [-0.1, -0.05) is 31.5 Å². The Bertz CT molecular complexity index is 3680. The first-order valence-electron chi connectivity index (χ1n) is 24.9. The molecule has 0 fully saturated rings. The maximum absolute atomic E-state index is 12.3. The second-order valence-corrected chi connectivity index (χ2v) is 19.7. The molecule has 8 rings (SSSR count). The van der Waals surface area contributed by atoms with E-state index in [1.807, 2.05) is 30.5 Å². The molecule has 0 aliphatic heterocycles. The van der Waals surface area contributed by atoms with Crippen LogP contribution < -0.4 is 15.8 Å². The Morgan fingerprint density at radius 3 is 1.52 bits per heavy atom. The zero-order valence-corrected chi connectivity index (χ0v) is 46.1. The number of aromatic hydroxyl groups is 4. The van der Waals surface area contributed by atoms with Gasteiger partial charge in [-0.05, 0) is 173 Å². The predicted octanol–water partition coefficient (Wildman–Crippen LogP) is 12.1. The highest BCUT2D eigenvalue weighted by molar-refractivity contribution is 7.92. The number of fused-ring (bicyclic) bond motifs is 1. The Labute approximate surface area is 480 Å². The van der Waals surface area contributed by atoms with Crippen LogP contribution in [0.3, 0.4) is 0 Å². The molecule has 12 N–H and O–H groups in total. The van der Waals surface area contributed by atoms with Crippen LogP contribution in [0.5, 0.6) is 23.0 Å². The van der Waals surface area contributed by atoms with Gasteiger partial charge in [0.05, 0.1) is 33.2 Å². The fourth-order valence-electron chi connectivity index (χ4n) is 7.29. The maximum atomic E-state index is 12.3. The van der Waals surface area contributed by atoms with Gasteiger partial charge >= 0.3 is 23.9 Å². The zero-order valence-electron chi connectivity index (χ0n) is 44.6. The van der Waals surface area contributed by atoms with Crippen LogP contribution in [0, 0.1) is 0 Å². The minimum atomic E-state index is -3.79. The number of anilines is 3. The Morgan fingerprint density at radius 1 is 0.590 bits per heavy atom. The van der Waals surface area contributed by atoms with E-state index >= 15 is 0 Å². The normalized spacial score (nSPS) is 11.3. The Hall–Kier alpha value is -10.2. The van der Waals surface area contributed by atoms with Gasteiger partial charge < -0.3 is 56.8 Å². The molecule has 2 aromatic heterocycles. The number of azo groups is 2. The first-order chi connectivity index (χ1) is 39.5. The van der Waals surface area contributed by atoms with E-state index in [1.165, 1.54) is 98.0 Å². The average molecular weight is 1170 g/mol. The second-order valence-electron chi connectivity index (χ2n) is 17.6. The Morgan fingerprint density at radius 2 is 1.06 bits per heavy atom.